The van der Waals surface area contributed by atoms with Crippen molar-refractivity contribution in [2.45, 2.75) is 30.2 Å². The van der Waals surface area contributed by atoms with Crippen LogP contribution in [0.5, 0.6) is 0 Å². The summed E-state index contributed by atoms with van der Waals surface area (Å²) in [5.74, 6) is 0.0163. The highest BCUT2D eigenvalue weighted by Crippen LogP contribution is 2.42. The number of pyridine rings is 1. The molecule has 1 heterocycles. The van der Waals surface area contributed by atoms with E-state index in [1.54, 1.807) is 11.8 Å². The van der Waals surface area contributed by atoms with Crippen molar-refractivity contribution >= 4 is 17.6 Å². The molecule has 7 heteroatoms. The Morgan fingerprint density at radius 1 is 1.45 bits per heavy atom. The third kappa shape index (κ3) is 3.01. The van der Waals surface area contributed by atoms with Gasteiger partial charge >= 0.3 is 6.18 Å². The normalized spacial score (nSPS) is 17.1. The summed E-state index contributed by atoms with van der Waals surface area (Å²) in [6.45, 7) is 0.525. The molecule has 1 aliphatic rings. The van der Waals surface area contributed by atoms with Crippen LogP contribution in [0, 0.1) is 11.3 Å². The average Bonchev–Trinajstić information content (AvgIpc) is 2.36. The Hall–Kier alpha value is -1.42. The molecule has 0 atom stereocenters. The molecule has 1 saturated carbocycles. The number of hydrogen-bond acceptors (Lipinski definition) is 4. The molecule has 0 amide bonds. The fraction of sp³-hybridized carbons (Fsp3) is 0.538. The van der Waals surface area contributed by atoms with E-state index in [0.29, 0.717) is 6.54 Å². The molecule has 0 spiro atoms. The molecule has 1 aromatic heterocycles. The standard InChI is InChI=1S/C13H14F3N3S/c1-20-12(5-2-6-12)8-18-11-9(7-17)3-4-10(19-11)13(14,15)16/h3-4H,2,5-6,8H2,1H3,(H,18,19). The molecule has 0 radical (unpaired) electrons. The highest BCUT2D eigenvalue weighted by molar-refractivity contribution is 8.00. The summed E-state index contributed by atoms with van der Waals surface area (Å²) in [6, 6.07) is 3.85. The molecular weight excluding hydrogens is 287 g/mol. The maximum absolute atomic E-state index is 12.6. The topological polar surface area (TPSA) is 48.7 Å². The van der Waals surface area contributed by atoms with Crippen LogP contribution in [0.2, 0.25) is 0 Å². The zero-order valence-electron chi connectivity index (χ0n) is 10.9. The Morgan fingerprint density at radius 3 is 2.60 bits per heavy atom. The van der Waals surface area contributed by atoms with Crippen LogP contribution in [-0.4, -0.2) is 22.5 Å². The van der Waals surface area contributed by atoms with E-state index in [1.165, 1.54) is 0 Å². The van der Waals surface area contributed by atoms with Gasteiger partial charge in [0.1, 0.15) is 17.6 Å². The second-order valence-corrected chi connectivity index (χ2v) is 6.07. The number of rotatable bonds is 4. The Bertz CT molecular complexity index is 527. The van der Waals surface area contributed by atoms with Crippen LogP contribution < -0.4 is 5.32 Å². The predicted molar refractivity (Wildman–Crippen MR) is 72.5 cm³/mol. The molecule has 1 fully saturated rings. The first kappa shape index (κ1) is 15.0. The number of alkyl halides is 3. The zero-order chi connectivity index (χ0) is 14.8. The summed E-state index contributed by atoms with van der Waals surface area (Å²) in [5.41, 5.74) is -0.848. The van der Waals surface area contributed by atoms with Crippen molar-refractivity contribution in [2.75, 3.05) is 18.1 Å². The average molecular weight is 301 g/mol. The number of halogens is 3. The highest BCUT2D eigenvalue weighted by Gasteiger charge is 2.37. The largest absolute Gasteiger partial charge is 0.433 e. The number of thioether (sulfide) groups is 1. The maximum atomic E-state index is 12.6. The van der Waals surface area contributed by atoms with Crippen molar-refractivity contribution < 1.29 is 13.2 Å². The zero-order valence-corrected chi connectivity index (χ0v) is 11.7. The molecule has 108 valence electrons. The minimum Gasteiger partial charge on any atom is -0.368 e. The van der Waals surface area contributed by atoms with Gasteiger partial charge in [-0.1, -0.05) is 6.42 Å². The first-order valence-electron chi connectivity index (χ1n) is 6.18. The smallest absolute Gasteiger partial charge is 0.368 e. The second-order valence-electron chi connectivity index (χ2n) is 4.80. The van der Waals surface area contributed by atoms with E-state index < -0.39 is 11.9 Å². The summed E-state index contributed by atoms with van der Waals surface area (Å²) in [7, 11) is 0. The quantitative estimate of drug-likeness (QED) is 0.922. The van der Waals surface area contributed by atoms with Gasteiger partial charge in [0.2, 0.25) is 0 Å². The highest BCUT2D eigenvalue weighted by atomic mass is 32.2. The van der Waals surface area contributed by atoms with E-state index in [2.05, 4.69) is 10.3 Å². The number of anilines is 1. The van der Waals surface area contributed by atoms with Crippen LogP contribution in [0.3, 0.4) is 0 Å². The molecule has 0 aromatic carbocycles. The van der Waals surface area contributed by atoms with Gasteiger partial charge in [0, 0.05) is 11.3 Å². The molecule has 3 nitrogen and oxygen atoms in total. The molecule has 0 aliphatic heterocycles. The fourth-order valence-corrected chi connectivity index (χ4v) is 3.02. The maximum Gasteiger partial charge on any atom is 0.433 e. The molecule has 1 aliphatic carbocycles. The first-order chi connectivity index (χ1) is 9.40. The van der Waals surface area contributed by atoms with Gasteiger partial charge in [0.15, 0.2) is 0 Å². The van der Waals surface area contributed by atoms with Gasteiger partial charge in [-0.2, -0.15) is 30.2 Å². The van der Waals surface area contributed by atoms with Gasteiger partial charge in [0.05, 0.1) is 5.56 Å². The summed E-state index contributed by atoms with van der Waals surface area (Å²) < 4.78 is 38.0. The van der Waals surface area contributed by atoms with Crippen molar-refractivity contribution in [3.63, 3.8) is 0 Å². The molecule has 2 rings (SSSR count). The fourth-order valence-electron chi connectivity index (χ4n) is 2.11. The molecule has 0 bridgehead atoms. The molecule has 0 saturated heterocycles. The number of aromatic nitrogens is 1. The molecule has 20 heavy (non-hydrogen) atoms. The van der Waals surface area contributed by atoms with E-state index in [9.17, 15) is 13.2 Å². The number of hydrogen-bond donors (Lipinski definition) is 1. The lowest BCUT2D eigenvalue weighted by Crippen LogP contribution is -2.40. The number of nitrogens with one attached hydrogen (secondary N) is 1. The SMILES string of the molecule is CSC1(CNc2nc(C(F)(F)F)ccc2C#N)CCC1. The Balaban J connectivity index is 2.19. The number of nitrogens with zero attached hydrogens (tertiary/aromatic N) is 2. The van der Waals surface area contributed by atoms with Crippen molar-refractivity contribution in [1.82, 2.24) is 4.98 Å². The predicted octanol–water partition coefficient (Wildman–Crippen LogP) is 3.67. The first-order valence-corrected chi connectivity index (χ1v) is 7.40. The van der Waals surface area contributed by atoms with Gasteiger partial charge in [-0.3, -0.25) is 0 Å². The molecular formula is C13H14F3N3S. The monoisotopic (exact) mass is 301 g/mol. The van der Waals surface area contributed by atoms with Crippen LogP contribution in [-0.2, 0) is 6.18 Å². The third-order valence-corrected chi connectivity index (χ3v) is 5.00. The van der Waals surface area contributed by atoms with E-state index in [4.69, 9.17) is 5.26 Å². The van der Waals surface area contributed by atoms with E-state index in [-0.39, 0.29) is 16.1 Å². The van der Waals surface area contributed by atoms with E-state index >= 15 is 0 Å². The summed E-state index contributed by atoms with van der Waals surface area (Å²) in [4.78, 5) is 3.54. The van der Waals surface area contributed by atoms with Gasteiger partial charge in [0.25, 0.3) is 0 Å². The van der Waals surface area contributed by atoms with Crippen molar-refractivity contribution in [3.05, 3.63) is 23.4 Å². The molecule has 1 N–H and O–H groups in total. The van der Waals surface area contributed by atoms with Crippen molar-refractivity contribution in [3.8, 4) is 6.07 Å². The Labute approximate surface area is 119 Å². The molecule has 1 aromatic rings. The summed E-state index contributed by atoms with van der Waals surface area (Å²) >= 11 is 1.71. The van der Waals surface area contributed by atoms with Gasteiger partial charge in [-0.25, -0.2) is 4.98 Å². The lowest BCUT2D eigenvalue weighted by molar-refractivity contribution is -0.141. The third-order valence-electron chi connectivity index (χ3n) is 3.58. The second kappa shape index (κ2) is 5.52. The summed E-state index contributed by atoms with van der Waals surface area (Å²) in [6.07, 6.45) is 0.678. The Kier molecular flexibility index (Phi) is 4.14. The lowest BCUT2D eigenvalue weighted by Gasteiger charge is -2.40. The Morgan fingerprint density at radius 2 is 2.15 bits per heavy atom. The minimum atomic E-state index is -4.50. The van der Waals surface area contributed by atoms with E-state index in [0.717, 1.165) is 31.4 Å². The molecule has 0 unspecified atom stereocenters. The van der Waals surface area contributed by atoms with Crippen LogP contribution in [0.4, 0.5) is 19.0 Å². The van der Waals surface area contributed by atoms with Gasteiger partial charge in [-0.05, 0) is 31.2 Å². The van der Waals surface area contributed by atoms with E-state index in [1.807, 2.05) is 12.3 Å². The van der Waals surface area contributed by atoms with Crippen molar-refractivity contribution in [2.24, 2.45) is 0 Å². The van der Waals surface area contributed by atoms with Crippen LogP contribution in [0.15, 0.2) is 12.1 Å². The number of nitriles is 1. The summed E-state index contributed by atoms with van der Waals surface area (Å²) in [5, 5.41) is 11.9. The van der Waals surface area contributed by atoms with Crippen LogP contribution in [0.25, 0.3) is 0 Å². The lowest BCUT2D eigenvalue weighted by atomic mass is 9.84. The van der Waals surface area contributed by atoms with Crippen molar-refractivity contribution in [1.29, 1.82) is 5.26 Å². The van der Waals surface area contributed by atoms with Crippen LogP contribution >= 0.6 is 11.8 Å². The van der Waals surface area contributed by atoms with Crippen LogP contribution in [0.1, 0.15) is 30.5 Å². The van der Waals surface area contributed by atoms with Gasteiger partial charge < -0.3 is 5.32 Å². The minimum absolute atomic E-state index is 0.0163. The van der Waals surface area contributed by atoms with Gasteiger partial charge in [-0.15, -0.1) is 0 Å².